The third kappa shape index (κ3) is 4.42. The van der Waals surface area contributed by atoms with Crippen LogP contribution < -0.4 is 4.18 Å². The van der Waals surface area contributed by atoms with Gasteiger partial charge in [-0.05, 0) is 19.1 Å². The maximum Gasteiger partial charge on any atom is 0.534 e. The van der Waals surface area contributed by atoms with E-state index in [-0.39, 0.29) is 12.1 Å². The molecule has 1 aromatic carbocycles. The fraction of sp³-hybridized carbons (Fsp3) is 0.333. The van der Waals surface area contributed by atoms with Gasteiger partial charge in [-0.2, -0.15) is 34.8 Å². The van der Waals surface area contributed by atoms with E-state index in [9.17, 15) is 48.7 Å². The lowest BCUT2D eigenvalue weighted by molar-refractivity contribution is -0.139. The van der Waals surface area contributed by atoms with E-state index >= 15 is 0 Å². The molecule has 0 saturated heterocycles. The predicted molar refractivity (Wildman–Crippen MR) is 68.0 cm³/mol. The number of carbonyl (C=O) groups is 2. The molecule has 0 amide bonds. The van der Waals surface area contributed by atoms with Crippen LogP contribution >= 0.6 is 0 Å². The third-order valence-corrected chi connectivity index (χ3v) is 3.53. The number of hydrogen-bond acceptors (Lipinski definition) is 6. The van der Waals surface area contributed by atoms with Crippen molar-refractivity contribution in [1.82, 2.24) is 0 Å². The van der Waals surface area contributed by atoms with Crippen LogP contribution in [0.2, 0.25) is 0 Å². The largest absolute Gasteiger partial charge is 0.534 e. The first-order valence-electron chi connectivity index (χ1n) is 6.25. The van der Waals surface area contributed by atoms with E-state index in [0.717, 1.165) is 6.92 Å². The Kier molecular flexibility index (Phi) is 5.91. The normalized spacial score (nSPS) is 12.6. The zero-order chi connectivity index (χ0) is 20.5. The van der Waals surface area contributed by atoms with Gasteiger partial charge < -0.3 is 8.92 Å². The molecule has 0 heterocycles. The van der Waals surface area contributed by atoms with E-state index in [1.807, 2.05) is 0 Å². The van der Waals surface area contributed by atoms with E-state index in [2.05, 4.69) is 8.92 Å². The van der Waals surface area contributed by atoms with Gasteiger partial charge in [-0.1, -0.05) is 0 Å². The Balaban J connectivity index is 3.74. The Morgan fingerprint density at radius 2 is 1.62 bits per heavy atom. The molecule has 0 aliphatic heterocycles. The van der Waals surface area contributed by atoms with Crippen LogP contribution in [-0.2, 0) is 25.8 Å². The molecule has 14 heteroatoms. The minimum atomic E-state index is -6.64. The molecule has 1 rings (SSSR count). The summed E-state index contributed by atoms with van der Waals surface area (Å²) >= 11 is 0. The Hall–Kier alpha value is -2.38. The van der Waals surface area contributed by atoms with Crippen molar-refractivity contribution in [1.29, 1.82) is 0 Å². The maximum absolute atomic E-state index is 13.7. The fourth-order valence-electron chi connectivity index (χ4n) is 1.56. The Bertz CT molecular complexity index is 826. The number of benzene rings is 1. The fourth-order valence-corrected chi connectivity index (χ4v) is 2.03. The molecule has 0 atom stereocenters. The molecule has 0 aromatic heterocycles. The van der Waals surface area contributed by atoms with Gasteiger partial charge in [0.2, 0.25) is 0 Å². The molecule has 6 nitrogen and oxygen atoms in total. The van der Waals surface area contributed by atoms with Crippen molar-refractivity contribution in [2.24, 2.45) is 0 Å². The molecule has 146 valence electrons. The van der Waals surface area contributed by atoms with E-state index in [0.29, 0.717) is 0 Å². The summed E-state index contributed by atoms with van der Waals surface area (Å²) in [6.07, 6.45) is -5.47. The van der Waals surface area contributed by atoms with Crippen LogP contribution in [0.4, 0.5) is 30.7 Å². The molecule has 0 fully saturated rings. The van der Waals surface area contributed by atoms with Crippen molar-refractivity contribution in [3.05, 3.63) is 29.1 Å². The molecule has 0 spiro atoms. The highest BCUT2D eigenvalue weighted by Crippen LogP contribution is 2.39. The second-order valence-corrected chi connectivity index (χ2v) is 5.87. The third-order valence-electron chi connectivity index (χ3n) is 2.58. The predicted octanol–water partition coefficient (Wildman–Crippen LogP) is 2.82. The summed E-state index contributed by atoms with van der Waals surface area (Å²) in [6, 6.07) is -0.152. The molecule has 0 unspecified atom stereocenters. The van der Waals surface area contributed by atoms with Crippen molar-refractivity contribution < 1.29 is 57.7 Å². The molecule has 1 aromatic rings. The van der Waals surface area contributed by atoms with Gasteiger partial charge in [0.15, 0.2) is 11.6 Å². The molecule has 26 heavy (non-hydrogen) atoms. The summed E-state index contributed by atoms with van der Waals surface area (Å²) in [6.45, 7) is 0.630. The average molecular weight is 412 g/mol. The van der Waals surface area contributed by atoms with Crippen LogP contribution in [0.15, 0.2) is 12.1 Å². The second kappa shape index (κ2) is 7.09. The number of halogens is 7. The quantitative estimate of drug-likeness (QED) is 0.185. The van der Waals surface area contributed by atoms with E-state index in [1.165, 1.54) is 0 Å². The number of rotatable bonds is 5. The monoisotopic (exact) mass is 412 g/mol. The van der Waals surface area contributed by atoms with E-state index in [1.54, 1.807) is 0 Å². The minimum absolute atomic E-state index is 0.0745. The van der Waals surface area contributed by atoms with Crippen LogP contribution in [0, 0.1) is 5.82 Å². The van der Waals surface area contributed by atoms with E-state index in [4.69, 9.17) is 0 Å². The van der Waals surface area contributed by atoms with Gasteiger partial charge in [0, 0.05) is 0 Å². The first kappa shape index (κ1) is 21.7. The number of Topliss-reactive ketones (excluding diaryl/α,β-unsaturated/α-hetero) is 1. The van der Waals surface area contributed by atoms with Crippen LogP contribution in [0.5, 0.6) is 5.75 Å². The van der Waals surface area contributed by atoms with Crippen molar-refractivity contribution in [3.8, 4) is 5.75 Å². The van der Waals surface area contributed by atoms with Gasteiger partial charge in [-0.25, -0.2) is 9.18 Å². The number of alkyl halides is 6. The maximum atomic E-state index is 13.7. The summed E-state index contributed by atoms with van der Waals surface area (Å²) < 4.78 is 119. The van der Waals surface area contributed by atoms with Gasteiger partial charge in [-0.3, -0.25) is 4.79 Å². The van der Waals surface area contributed by atoms with Gasteiger partial charge in [0.1, 0.15) is 0 Å². The Morgan fingerprint density at radius 1 is 1.08 bits per heavy atom. The molecule has 0 saturated carbocycles. The van der Waals surface area contributed by atoms with E-state index < -0.39 is 62.9 Å². The molecule has 0 N–H and O–H groups in total. The zero-order valence-corrected chi connectivity index (χ0v) is 13.2. The van der Waals surface area contributed by atoms with Gasteiger partial charge >= 0.3 is 27.8 Å². The Morgan fingerprint density at radius 3 is 2.04 bits per heavy atom. The highest BCUT2D eigenvalue weighted by Gasteiger charge is 2.50. The number of esters is 1. The van der Waals surface area contributed by atoms with Crippen LogP contribution in [0.3, 0.4) is 0 Å². The molecular weight excluding hydrogens is 405 g/mol. The minimum Gasteiger partial charge on any atom is -0.460 e. The molecule has 0 bridgehead atoms. The summed E-state index contributed by atoms with van der Waals surface area (Å²) in [5.74, 6) is -8.52. The van der Waals surface area contributed by atoms with Gasteiger partial charge in [0.25, 0.3) is 5.78 Å². The second-order valence-electron chi connectivity index (χ2n) is 4.33. The van der Waals surface area contributed by atoms with Crippen molar-refractivity contribution in [3.63, 3.8) is 0 Å². The molecular formula is C12H7F7O6S. The van der Waals surface area contributed by atoms with Crippen LogP contribution in [0.1, 0.15) is 22.8 Å². The first-order valence-corrected chi connectivity index (χ1v) is 7.66. The SMILES string of the molecule is CCOC(=O)C(=O)c1c(C(F)(F)F)ccc(F)c1OS(=O)(=O)C(F)(F)F. The number of ketones is 1. The van der Waals surface area contributed by atoms with Crippen molar-refractivity contribution in [2.75, 3.05) is 6.61 Å². The first-order chi connectivity index (χ1) is 11.6. The lowest BCUT2D eigenvalue weighted by Gasteiger charge is -2.17. The number of ether oxygens (including phenoxy) is 1. The molecule has 0 aliphatic rings. The summed E-state index contributed by atoms with van der Waals surface area (Å²) in [5.41, 5.74) is -10.3. The smallest absolute Gasteiger partial charge is 0.460 e. The Labute approximate surface area is 140 Å². The summed E-state index contributed by atoms with van der Waals surface area (Å²) in [5, 5.41) is 0. The van der Waals surface area contributed by atoms with Crippen LogP contribution in [-0.4, -0.2) is 32.3 Å². The highest BCUT2D eigenvalue weighted by atomic mass is 32.2. The van der Waals surface area contributed by atoms with Crippen LogP contribution in [0.25, 0.3) is 0 Å². The summed E-state index contributed by atoms with van der Waals surface area (Å²) in [4.78, 5) is 23.2. The van der Waals surface area contributed by atoms with Gasteiger partial charge in [0.05, 0.1) is 17.7 Å². The number of hydrogen-bond donors (Lipinski definition) is 0. The number of carbonyl (C=O) groups excluding carboxylic acids is 2. The average Bonchev–Trinajstić information content (AvgIpc) is 2.46. The highest BCUT2D eigenvalue weighted by molar-refractivity contribution is 7.88. The lowest BCUT2D eigenvalue weighted by atomic mass is 10.0. The molecule has 0 radical (unpaired) electrons. The van der Waals surface area contributed by atoms with Crippen molar-refractivity contribution >= 4 is 21.9 Å². The zero-order valence-electron chi connectivity index (χ0n) is 12.4. The standard InChI is InChI=1S/C12H7F7O6S/c1-2-24-10(21)8(20)7-5(11(14,15)16)3-4-6(13)9(7)25-26(22,23)12(17,18)19/h3-4H,2H2,1H3. The van der Waals surface area contributed by atoms with Gasteiger partial charge in [-0.15, -0.1) is 0 Å². The lowest BCUT2D eigenvalue weighted by Crippen LogP contribution is -2.30. The van der Waals surface area contributed by atoms with Crippen molar-refractivity contribution in [2.45, 2.75) is 18.6 Å². The topological polar surface area (TPSA) is 86.7 Å². The summed E-state index contributed by atoms with van der Waals surface area (Å²) in [7, 11) is -6.64. The molecule has 0 aliphatic carbocycles.